The van der Waals surface area contributed by atoms with E-state index in [1.165, 1.54) is 19.2 Å². The lowest BCUT2D eigenvalue weighted by Crippen LogP contribution is -2.55. The van der Waals surface area contributed by atoms with E-state index in [-0.39, 0.29) is 23.1 Å². The Kier molecular flexibility index (Phi) is 3.19. The van der Waals surface area contributed by atoms with Gasteiger partial charge in [0.1, 0.15) is 11.2 Å². The van der Waals surface area contributed by atoms with Crippen molar-refractivity contribution in [3.63, 3.8) is 0 Å². The maximum Gasteiger partial charge on any atom is 0.324 e. The van der Waals surface area contributed by atoms with Crippen molar-refractivity contribution >= 4 is 17.8 Å². The molecule has 9 nitrogen and oxygen atoms in total. The second-order valence-electron chi connectivity index (χ2n) is 5.48. The molecule has 2 N–H and O–H groups in total. The topological polar surface area (TPSA) is 115 Å². The van der Waals surface area contributed by atoms with Crippen molar-refractivity contribution in [2.45, 2.75) is 18.4 Å². The number of aromatic amines is 1. The number of amides is 4. The third kappa shape index (κ3) is 2.14. The number of imide groups is 1. The molecule has 1 aromatic heterocycles. The van der Waals surface area contributed by atoms with E-state index < -0.39 is 11.6 Å². The number of hydrogen-bond donors (Lipinski definition) is 2. The van der Waals surface area contributed by atoms with Gasteiger partial charge in [-0.25, -0.2) is 9.89 Å². The van der Waals surface area contributed by atoms with Gasteiger partial charge in [0.25, 0.3) is 17.4 Å². The van der Waals surface area contributed by atoms with Crippen LogP contribution in [0.3, 0.4) is 0 Å². The summed E-state index contributed by atoms with van der Waals surface area (Å²) in [7, 11) is 1.44. The first-order chi connectivity index (χ1) is 10.4. The minimum Gasteiger partial charge on any atom is -0.337 e. The molecule has 2 aliphatic rings. The van der Waals surface area contributed by atoms with Crippen molar-refractivity contribution in [2.24, 2.45) is 0 Å². The number of carbonyl (C=O) groups excluding carboxylic acids is 3. The van der Waals surface area contributed by atoms with E-state index in [9.17, 15) is 19.2 Å². The van der Waals surface area contributed by atoms with Gasteiger partial charge in [-0.3, -0.25) is 19.3 Å². The Morgan fingerprint density at radius 1 is 1.23 bits per heavy atom. The van der Waals surface area contributed by atoms with Gasteiger partial charge in [-0.15, -0.1) is 0 Å². The minimum absolute atomic E-state index is 0.148. The van der Waals surface area contributed by atoms with Gasteiger partial charge >= 0.3 is 6.03 Å². The molecule has 0 aliphatic carbocycles. The lowest BCUT2D eigenvalue weighted by molar-refractivity contribution is -0.131. The predicted octanol–water partition coefficient (Wildman–Crippen LogP) is -1.07. The number of aromatic nitrogens is 2. The maximum absolute atomic E-state index is 12.3. The summed E-state index contributed by atoms with van der Waals surface area (Å²) in [5.41, 5.74) is -1.13. The second-order valence-corrected chi connectivity index (χ2v) is 5.48. The van der Waals surface area contributed by atoms with Crippen LogP contribution in [0.15, 0.2) is 16.9 Å². The van der Waals surface area contributed by atoms with Gasteiger partial charge < -0.3 is 10.2 Å². The van der Waals surface area contributed by atoms with Gasteiger partial charge in [-0.2, -0.15) is 5.10 Å². The molecule has 116 valence electrons. The van der Waals surface area contributed by atoms with Crippen LogP contribution in [0.2, 0.25) is 0 Å². The summed E-state index contributed by atoms with van der Waals surface area (Å²) in [6, 6.07) is 2.19. The Hall–Kier alpha value is -2.71. The first kappa shape index (κ1) is 14.2. The average Bonchev–Trinajstić information content (AvgIpc) is 2.73. The standard InChI is InChI=1S/C13H15N5O4/c1-17-11(21)13(14-12(17)22)4-6-18(7-5-13)10(20)8-2-3-9(19)16-15-8/h2-3H,4-7H2,1H3,(H,14,22)(H,16,19). The smallest absolute Gasteiger partial charge is 0.324 e. The molecular weight excluding hydrogens is 290 g/mol. The van der Waals surface area contributed by atoms with Crippen molar-refractivity contribution < 1.29 is 14.4 Å². The lowest BCUT2D eigenvalue weighted by atomic mass is 9.87. The normalized spacial score (nSPS) is 20.4. The van der Waals surface area contributed by atoms with E-state index in [1.54, 1.807) is 4.90 Å². The molecule has 3 heterocycles. The molecular formula is C13H15N5O4. The molecule has 2 saturated heterocycles. The zero-order valence-electron chi connectivity index (χ0n) is 12.0. The summed E-state index contributed by atoms with van der Waals surface area (Å²) < 4.78 is 0. The molecule has 22 heavy (non-hydrogen) atoms. The number of H-pyrrole nitrogens is 1. The number of carbonyl (C=O) groups is 3. The summed E-state index contributed by atoms with van der Waals surface area (Å²) in [4.78, 5) is 49.6. The quantitative estimate of drug-likeness (QED) is 0.641. The Morgan fingerprint density at radius 3 is 2.41 bits per heavy atom. The van der Waals surface area contributed by atoms with Crippen LogP contribution in [0.25, 0.3) is 0 Å². The summed E-state index contributed by atoms with van der Waals surface area (Å²) in [6.07, 6.45) is 0.716. The van der Waals surface area contributed by atoms with Crippen molar-refractivity contribution in [1.29, 1.82) is 0 Å². The molecule has 2 aliphatic heterocycles. The molecule has 1 spiro atoms. The van der Waals surface area contributed by atoms with E-state index in [1.807, 2.05) is 0 Å². The zero-order valence-corrected chi connectivity index (χ0v) is 12.0. The summed E-state index contributed by atoms with van der Waals surface area (Å²) in [5.74, 6) is -0.567. The zero-order chi connectivity index (χ0) is 15.9. The molecule has 3 rings (SSSR count). The molecule has 4 amide bonds. The third-order valence-electron chi connectivity index (χ3n) is 4.17. The van der Waals surface area contributed by atoms with Gasteiger partial charge in [0.05, 0.1) is 0 Å². The Labute approximate surface area is 125 Å². The van der Waals surface area contributed by atoms with Crippen LogP contribution < -0.4 is 10.9 Å². The average molecular weight is 305 g/mol. The van der Waals surface area contributed by atoms with Crippen LogP contribution >= 0.6 is 0 Å². The fraction of sp³-hybridized carbons (Fsp3) is 0.462. The largest absolute Gasteiger partial charge is 0.337 e. The Bertz CT molecular complexity index is 684. The summed E-state index contributed by atoms with van der Waals surface area (Å²) >= 11 is 0. The summed E-state index contributed by atoms with van der Waals surface area (Å²) in [6.45, 7) is 0.666. The molecule has 0 bridgehead atoms. The molecule has 2 fully saturated rings. The first-order valence-electron chi connectivity index (χ1n) is 6.88. The van der Waals surface area contributed by atoms with Gasteiger partial charge in [0, 0.05) is 26.2 Å². The fourth-order valence-electron chi connectivity index (χ4n) is 2.81. The van der Waals surface area contributed by atoms with Crippen LogP contribution in [0.4, 0.5) is 4.79 Å². The molecule has 0 atom stereocenters. The van der Waals surface area contributed by atoms with E-state index in [2.05, 4.69) is 15.5 Å². The van der Waals surface area contributed by atoms with Crippen LogP contribution in [-0.2, 0) is 4.79 Å². The van der Waals surface area contributed by atoms with E-state index >= 15 is 0 Å². The second kappa shape index (κ2) is 4.93. The van der Waals surface area contributed by atoms with Crippen molar-refractivity contribution in [1.82, 2.24) is 25.3 Å². The maximum atomic E-state index is 12.3. The number of rotatable bonds is 1. The van der Waals surface area contributed by atoms with Crippen LogP contribution in [0, 0.1) is 0 Å². The van der Waals surface area contributed by atoms with Crippen LogP contribution in [0.1, 0.15) is 23.3 Å². The highest BCUT2D eigenvalue weighted by Crippen LogP contribution is 2.29. The highest BCUT2D eigenvalue weighted by molar-refractivity contribution is 6.07. The lowest BCUT2D eigenvalue weighted by Gasteiger charge is -2.36. The predicted molar refractivity (Wildman–Crippen MR) is 74.0 cm³/mol. The number of likely N-dealkylation sites (tertiary alicyclic amines) is 1. The van der Waals surface area contributed by atoms with Crippen LogP contribution in [-0.4, -0.2) is 63.5 Å². The van der Waals surface area contributed by atoms with E-state index in [0.717, 1.165) is 4.90 Å². The highest BCUT2D eigenvalue weighted by atomic mass is 16.2. The van der Waals surface area contributed by atoms with Gasteiger partial charge in [0.15, 0.2) is 0 Å². The van der Waals surface area contributed by atoms with Crippen molar-refractivity contribution in [3.05, 3.63) is 28.2 Å². The number of nitrogens with zero attached hydrogens (tertiary/aromatic N) is 3. The number of urea groups is 1. The Morgan fingerprint density at radius 2 is 1.91 bits per heavy atom. The van der Waals surface area contributed by atoms with Crippen LogP contribution in [0.5, 0.6) is 0 Å². The summed E-state index contributed by atoms with van der Waals surface area (Å²) in [5, 5.41) is 8.64. The van der Waals surface area contributed by atoms with Crippen molar-refractivity contribution in [2.75, 3.05) is 20.1 Å². The van der Waals surface area contributed by atoms with Gasteiger partial charge in [-0.05, 0) is 18.9 Å². The fourth-order valence-corrected chi connectivity index (χ4v) is 2.81. The number of likely N-dealkylation sites (N-methyl/N-ethyl adjacent to an activating group) is 1. The molecule has 0 aromatic carbocycles. The molecule has 0 unspecified atom stereocenters. The minimum atomic E-state index is -0.902. The number of piperidine rings is 1. The van der Waals surface area contributed by atoms with Gasteiger partial charge in [-0.1, -0.05) is 0 Å². The monoisotopic (exact) mass is 305 g/mol. The number of nitrogens with one attached hydrogen (secondary N) is 2. The third-order valence-corrected chi connectivity index (χ3v) is 4.17. The molecule has 9 heteroatoms. The highest BCUT2D eigenvalue weighted by Gasteiger charge is 2.51. The Balaban J connectivity index is 1.71. The van der Waals surface area contributed by atoms with E-state index in [4.69, 9.17) is 0 Å². The van der Waals surface area contributed by atoms with Crippen molar-refractivity contribution in [3.8, 4) is 0 Å². The van der Waals surface area contributed by atoms with Gasteiger partial charge in [0.2, 0.25) is 0 Å². The number of hydrogen-bond acceptors (Lipinski definition) is 5. The first-order valence-corrected chi connectivity index (χ1v) is 6.88. The molecule has 0 radical (unpaired) electrons. The molecule has 1 aromatic rings. The van der Waals surface area contributed by atoms with E-state index in [0.29, 0.717) is 25.9 Å². The SMILES string of the molecule is CN1C(=O)NC2(CCN(C(=O)c3ccc(=O)[nH]n3)CC2)C1=O. The molecule has 0 saturated carbocycles.